The van der Waals surface area contributed by atoms with Gasteiger partial charge in [-0.1, -0.05) is 18.8 Å². The zero-order valence-corrected chi connectivity index (χ0v) is 21.2. The molecule has 3 aliphatic rings. The van der Waals surface area contributed by atoms with Crippen molar-refractivity contribution in [3.8, 4) is 11.8 Å². The van der Waals surface area contributed by atoms with Crippen molar-refractivity contribution in [1.29, 1.82) is 0 Å². The third-order valence-corrected chi connectivity index (χ3v) is 7.50. The van der Waals surface area contributed by atoms with E-state index in [1.807, 2.05) is 24.0 Å². The fourth-order valence-corrected chi connectivity index (χ4v) is 5.19. The molecule has 188 valence electrons. The van der Waals surface area contributed by atoms with E-state index in [4.69, 9.17) is 16.2 Å². The molecule has 0 radical (unpaired) electrons. The Labute approximate surface area is 211 Å². The van der Waals surface area contributed by atoms with E-state index in [9.17, 15) is 9.59 Å². The number of amidine groups is 1. The van der Waals surface area contributed by atoms with Gasteiger partial charge in [0.25, 0.3) is 0 Å². The Morgan fingerprint density at radius 2 is 2.11 bits per heavy atom. The average Bonchev–Trinajstić information content (AvgIpc) is 3.07. The normalized spacial score (nSPS) is 21.1. The first-order valence-corrected chi connectivity index (χ1v) is 13.4. The second kappa shape index (κ2) is 11.7. The fraction of sp³-hybridized carbons (Fsp3) is 0.577. The summed E-state index contributed by atoms with van der Waals surface area (Å²) in [5, 5.41) is 2.79. The lowest BCUT2D eigenvalue weighted by atomic mass is 9.81. The second-order valence-electron chi connectivity index (χ2n) is 9.54. The smallest absolute Gasteiger partial charge is 0.407 e. The molecule has 9 heteroatoms. The minimum absolute atomic E-state index is 0.0422. The van der Waals surface area contributed by atoms with Crippen LogP contribution in [-0.4, -0.2) is 54.5 Å². The first-order chi connectivity index (χ1) is 16.9. The van der Waals surface area contributed by atoms with Gasteiger partial charge in [0.1, 0.15) is 11.9 Å². The Kier molecular flexibility index (Phi) is 8.47. The standard InChI is InChI=1S/C26H35N5O3S/c1-2-10-31(11-4-9-29-26(33)34-20-5-3-6-20)25(32)18-14-23-22(30-24(28)15-18)16-21(35-23)8-7-17-12-19(27)13-17/h14,16-17,19-20H,2-6,9-13,15,27H2,1H3,(H2,28,30)(H,29,33). The summed E-state index contributed by atoms with van der Waals surface area (Å²) < 4.78 is 5.31. The molecule has 0 aromatic carbocycles. The maximum absolute atomic E-state index is 13.4. The number of carbonyl (C=O) groups excluding carboxylic acids is 2. The Morgan fingerprint density at radius 3 is 2.80 bits per heavy atom. The highest BCUT2D eigenvalue weighted by molar-refractivity contribution is 7.14. The van der Waals surface area contributed by atoms with Gasteiger partial charge >= 0.3 is 6.09 Å². The second-order valence-corrected chi connectivity index (χ2v) is 10.6. The van der Waals surface area contributed by atoms with Crippen LogP contribution < -0.4 is 16.8 Å². The zero-order chi connectivity index (χ0) is 24.8. The number of aliphatic imine (C=N–C) groups is 1. The van der Waals surface area contributed by atoms with Crippen molar-refractivity contribution in [3.63, 3.8) is 0 Å². The number of nitrogens with one attached hydrogen (secondary N) is 1. The highest BCUT2D eigenvalue weighted by atomic mass is 32.1. The van der Waals surface area contributed by atoms with Gasteiger partial charge < -0.3 is 26.4 Å². The monoisotopic (exact) mass is 497 g/mol. The van der Waals surface area contributed by atoms with Gasteiger partial charge in [0, 0.05) is 43.6 Å². The van der Waals surface area contributed by atoms with Gasteiger partial charge in [-0.05, 0) is 57.1 Å². The largest absolute Gasteiger partial charge is 0.446 e. The number of ether oxygens (including phenoxy) is 1. The van der Waals surface area contributed by atoms with E-state index < -0.39 is 0 Å². The molecule has 0 bridgehead atoms. The summed E-state index contributed by atoms with van der Waals surface area (Å²) in [6.45, 7) is 3.69. The molecule has 8 nitrogen and oxygen atoms in total. The van der Waals surface area contributed by atoms with Crippen molar-refractivity contribution in [1.82, 2.24) is 10.2 Å². The number of hydrogen-bond acceptors (Lipinski definition) is 7. The van der Waals surface area contributed by atoms with Crippen LogP contribution in [0.3, 0.4) is 0 Å². The number of fused-ring (bicyclic) bond motifs is 1. The van der Waals surface area contributed by atoms with Gasteiger partial charge in [0.05, 0.1) is 15.4 Å². The summed E-state index contributed by atoms with van der Waals surface area (Å²) in [6.07, 6.45) is 8.32. The fourth-order valence-electron chi connectivity index (χ4n) is 4.27. The lowest BCUT2D eigenvalue weighted by Crippen LogP contribution is -2.37. The number of nitrogens with two attached hydrogens (primary N) is 2. The predicted octanol–water partition coefficient (Wildman–Crippen LogP) is 3.52. The predicted molar refractivity (Wildman–Crippen MR) is 139 cm³/mol. The van der Waals surface area contributed by atoms with E-state index in [1.54, 1.807) is 0 Å². The van der Waals surface area contributed by atoms with E-state index >= 15 is 0 Å². The number of amides is 2. The number of hydrogen-bond donors (Lipinski definition) is 3. The van der Waals surface area contributed by atoms with E-state index in [-0.39, 0.29) is 24.1 Å². The van der Waals surface area contributed by atoms with Crippen molar-refractivity contribution in [2.75, 3.05) is 19.6 Å². The molecule has 1 aromatic rings. The van der Waals surface area contributed by atoms with Crippen molar-refractivity contribution in [3.05, 3.63) is 21.4 Å². The van der Waals surface area contributed by atoms with Crippen LogP contribution in [0.4, 0.5) is 10.5 Å². The van der Waals surface area contributed by atoms with Crippen LogP contribution in [0.5, 0.6) is 0 Å². The van der Waals surface area contributed by atoms with Crippen LogP contribution in [0, 0.1) is 17.8 Å². The SMILES string of the molecule is CCCN(CCCNC(=O)OC1CCC1)C(=O)C1=Cc2sc(C#CC3CC(N)C3)cc2N=C(N)C1. The molecular formula is C26H35N5O3S. The molecule has 2 fully saturated rings. The third kappa shape index (κ3) is 6.86. The quantitative estimate of drug-likeness (QED) is 0.375. The Morgan fingerprint density at radius 1 is 1.31 bits per heavy atom. The van der Waals surface area contributed by atoms with Gasteiger partial charge in [-0.3, -0.25) is 4.79 Å². The number of rotatable bonds is 8. The molecule has 0 saturated heterocycles. The van der Waals surface area contributed by atoms with Gasteiger partial charge in [0.2, 0.25) is 5.91 Å². The van der Waals surface area contributed by atoms with Gasteiger partial charge in [-0.2, -0.15) is 0 Å². The number of nitrogens with zero attached hydrogens (tertiary/aromatic N) is 2. The van der Waals surface area contributed by atoms with Crippen molar-refractivity contribution < 1.29 is 14.3 Å². The summed E-state index contributed by atoms with van der Waals surface area (Å²) in [5.74, 6) is 7.28. The molecule has 0 spiro atoms. The first kappa shape index (κ1) is 25.3. The van der Waals surface area contributed by atoms with Crippen LogP contribution in [-0.2, 0) is 9.53 Å². The molecule has 35 heavy (non-hydrogen) atoms. The molecule has 2 aliphatic carbocycles. The summed E-state index contributed by atoms with van der Waals surface area (Å²) in [7, 11) is 0. The van der Waals surface area contributed by atoms with Crippen LogP contribution in [0.2, 0.25) is 0 Å². The van der Waals surface area contributed by atoms with E-state index in [0.29, 0.717) is 49.8 Å². The maximum Gasteiger partial charge on any atom is 0.407 e. The summed E-state index contributed by atoms with van der Waals surface area (Å²) in [4.78, 5) is 33.4. The summed E-state index contributed by atoms with van der Waals surface area (Å²) in [5.41, 5.74) is 13.4. The topological polar surface area (TPSA) is 123 Å². The molecule has 1 aliphatic heterocycles. The molecule has 0 unspecified atom stereocenters. The summed E-state index contributed by atoms with van der Waals surface area (Å²) >= 11 is 1.53. The van der Waals surface area contributed by atoms with Crippen molar-refractivity contribution >= 4 is 40.9 Å². The first-order valence-electron chi connectivity index (χ1n) is 12.6. The van der Waals surface area contributed by atoms with Crippen LogP contribution in [0.15, 0.2) is 16.6 Å². The molecule has 2 saturated carbocycles. The Hall–Kier alpha value is -2.83. The molecule has 5 N–H and O–H groups in total. The van der Waals surface area contributed by atoms with Gasteiger partial charge in [0.15, 0.2) is 0 Å². The lowest BCUT2D eigenvalue weighted by molar-refractivity contribution is -0.127. The average molecular weight is 498 g/mol. The molecule has 2 amide bonds. The van der Waals surface area contributed by atoms with Crippen LogP contribution >= 0.6 is 11.3 Å². The van der Waals surface area contributed by atoms with Crippen LogP contribution in [0.25, 0.3) is 6.08 Å². The number of thiophene rings is 1. The van der Waals surface area contributed by atoms with E-state index in [1.165, 1.54) is 11.3 Å². The minimum Gasteiger partial charge on any atom is -0.446 e. The number of carbonyl (C=O) groups is 2. The third-order valence-electron chi connectivity index (χ3n) is 6.51. The zero-order valence-electron chi connectivity index (χ0n) is 20.3. The highest BCUT2D eigenvalue weighted by Crippen LogP contribution is 2.35. The lowest BCUT2D eigenvalue weighted by Gasteiger charge is -2.27. The Bertz CT molecular complexity index is 1060. The minimum atomic E-state index is -0.372. The van der Waals surface area contributed by atoms with E-state index in [0.717, 1.165) is 54.0 Å². The molecule has 1 aromatic heterocycles. The van der Waals surface area contributed by atoms with E-state index in [2.05, 4.69) is 22.2 Å². The van der Waals surface area contributed by atoms with Crippen molar-refractivity contribution in [2.45, 2.75) is 70.4 Å². The summed E-state index contributed by atoms with van der Waals surface area (Å²) in [6, 6.07) is 2.22. The Balaban J connectivity index is 1.37. The van der Waals surface area contributed by atoms with Crippen LogP contribution in [0.1, 0.15) is 68.0 Å². The maximum atomic E-state index is 13.4. The molecular weight excluding hydrogens is 462 g/mol. The molecule has 0 atom stereocenters. The van der Waals surface area contributed by atoms with Gasteiger partial charge in [-0.15, -0.1) is 11.3 Å². The highest BCUT2D eigenvalue weighted by Gasteiger charge is 2.25. The van der Waals surface area contributed by atoms with Gasteiger partial charge in [-0.25, -0.2) is 9.79 Å². The molecule has 4 rings (SSSR count). The number of alkyl carbamates (subject to hydrolysis) is 1. The molecule has 2 heterocycles. The van der Waals surface area contributed by atoms with Crippen molar-refractivity contribution in [2.24, 2.45) is 22.4 Å².